The van der Waals surface area contributed by atoms with Crippen LogP contribution in [0, 0.1) is 0 Å². The van der Waals surface area contributed by atoms with Crippen molar-refractivity contribution in [3.8, 4) is 0 Å². The van der Waals surface area contributed by atoms with Gasteiger partial charge in [0.2, 0.25) is 0 Å². The maximum Gasteiger partial charge on any atom is 0.333 e. The van der Waals surface area contributed by atoms with Crippen LogP contribution in [0.2, 0.25) is 0 Å². The van der Waals surface area contributed by atoms with Crippen LogP contribution in [0.1, 0.15) is 43.7 Å². The normalized spacial score (nSPS) is 24.8. The molecule has 38 heavy (non-hydrogen) atoms. The van der Waals surface area contributed by atoms with Gasteiger partial charge in [0, 0.05) is 13.8 Å². The number of carbonyl (C=O) groups is 2. The maximum absolute atomic E-state index is 12.0. The molecule has 15 heteroatoms. The van der Waals surface area contributed by atoms with E-state index in [1.54, 1.807) is 0 Å². The lowest BCUT2D eigenvalue weighted by Crippen LogP contribution is -2.41. The maximum atomic E-state index is 12.0. The van der Waals surface area contributed by atoms with Gasteiger partial charge in [-0.2, -0.15) is 8.42 Å². The van der Waals surface area contributed by atoms with Gasteiger partial charge in [0.1, 0.15) is 12.4 Å². The Kier molecular flexibility index (Phi) is 7.00. The summed E-state index contributed by atoms with van der Waals surface area (Å²) in [4.78, 5) is 37.0. The highest BCUT2D eigenvalue weighted by atomic mass is 32.2. The summed E-state index contributed by atoms with van der Waals surface area (Å²) in [7, 11) is -4.32. The number of fused-ring (bicyclic) bond motifs is 2. The number of rotatable bonds is 8. The molecule has 2 aliphatic rings. The third-order valence-corrected chi connectivity index (χ3v) is 6.83. The number of aromatic nitrogens is 4. The van der Waals surface area contributed by atoms with Crippen LogP contribution >= 0.6 is 0 Å². The SMILES string of the molecule is CC(=O)OC1[C@H](n2cnc3c(N[C@H]4CCc5ccccc54)ncnc32)O[C@H](COS(N)(=O)=O)[C@H]1OC(C)=O. The first-order valence-electron chi connectivity index (χ1n) is 11.8. The summed E-state index contributed by atoms with van der Waals surface area (Å²) in [6.07, 6.45) is 0.0336. The van der Waals surface area contributed by atoms with E-state index in [0.29, 0.717) is 17.0 Å². The number of aryl methyl sites for hydroxylation is 1. The van der Waals surface area contributed by atoms with Gasteiger partial charge in [0.25, 0.3) is 0 Å². The molecule has 3 aromatic rings. The van der Waals surface area contributed by atoms with Crippen molar-refractivity contribution in [1.82, 2.24) is 19.5 Å². The van der Waals surface area contributed by atoms with Gasteiger partial charge in [-0.05, 0) is 24.0 Å². The van der Waals surface area contributed by atoms with E-state index in [0.717, 1.165) is 19.8 Å². The Morgan fingerprint density at radius 1 is 1.13 bits per heavy atom. The molecule has 14 nitrogen and oxygen atoms in total. The van der Waals surface area contributed by atoms with Crippen LogP contribution in [0.5, 0.6) is 0 Å². The minimum Gasteiger partial charge on any atom is -0.456 e. The first-order valence-corrected chi connectivity index (χ1v) is 13.3. The van der Waals surface area contributed by atoms with Crippen molar-refractivity contribution in [2.75, 3.05) is 11.9 Å². The first-order chi connectivity index (χ1) is 18.1. The molecular formula is C23H26N6O8S. The summed E-state index contributed by atoms with van der Waals surface area (Å²) in [5.74, 6) is -0.864. The highest BCUT2D eigenvalue weighted by Crippen LogP contribution is 2.38. The Hall–Kier alpha value is -3.66. The number of nitrogens with zero attached hydrogens (tertiary/aromatic N) is 4. The largest absolute Gasteiger partial charge is 0.456 e. The molecule has 3 N–H and O–H groups in total. The molecule has 0 spiro atoms. The van der Waals surface area contributed by atoms with Gasteiger partial charge in [0.05, 0.1) is 19.0 Å². The molecule has 1 fully saturated rings. The zero-order valence-electron chi connectivity index (χ0n) is 20.5. The molecule has 0 amide bonds. The fourth-order valence-corrected chi connectivity index (χ4v) is 5.22. The summed E-state index contributed by atoms with van der Waals surface area (Å²) in [5, 5.41) is 8.40. The molecule has 5 rings (SSSR count). The number of nitrogens with two attached hydrogens (primary N) is 1. The van der Waals surface area contributed by atoms with Gasteiger partial charge in [-0.15, -0.1) is 0 Å². The van der Waals surface area contributed by atoms with Gasteiger partial charge < -0.3 is 19.5 Å². The zero-order valence-corrected chi connectivity index (χ0v) is 21.3. The number of imidazole rings is 1. The third-order valence-electron chi connectivity index (χ3n) is 6.36. The molecule has 1 unspecified atom stereocenters. The van der Waals surface area contributed by atoms with E-state index in [-0.39, 0.29) is 6.04 Å². The van der Waals surface area contributed by atoms with Crippen LogP contribution < -0.4 is 10.5 Å². The smallest absolute Gasteiger partial charge is 0.333 e. The van der Waals surface area contributed by atoms with Gasteiger partial charge in [-0.1, -0.05) is 24.3 Å². The summed E-state index contributed by atoms with van der Waals surface area (Å²) in [5.41, 5.74) is 3.25. The van der Waals surface area contributed by atoms with E-state index in [2.05, 4.69) is 36.6 Å². The van der Waals surface area contributed by atoms with Crippen molar-refractivity contribution in [3.63, 3.8) is 0 Å². The number of hydrogen-bond acceptors (Lipinski definition) is 12. The Bertz CT molecular complexity index is 1480. The van der Waals surface area contributed by atoms with E-state index < -0.39 is 53.4 Å². The zero-order chi connectivity index (χ0) is 27.0. The Morgan fingerprint density at radius 2 is 1.87 bits per heavy atom. The fourth-order valence-electron chi connectivity index (χ4n) is 4.90. The van der Waals surface area contributed by atoms with Crippen LogP contribution in [0.15, 0.2) is 36.9 Å². The average Bonchev–Trinajstić information content (AvgIpc) is 3.54. The molecule has 1 saturated heterocycles. The molecular weight excluding hydrogens is 520 g/mol. The van der Waals surface area contributed by atoms with Gasteiger partial charge >= 0.3 is 22.2 Å². The second-order valence-corrected chi connectivity index (χ2v) is 10.2. The molecule has 3 heterocycles. The third kappa shape index (κ3) is 5.31. The van der Waals surface area contributed by atoms with Gasteiger partial charge in [0.15, 0.2) is 35.4 Å². The van der Waals surface area contributed by atoms with Crippen molar-refractivity contribution in [3.05, 3.63) is 48.0 Å². The lowest BCUT2D eigenvalue weighted by atomic mass is 10.1. The van der Waals surface area contributed by atoms with E-state index in [1.807, 2.05) is 12.1 Å². The van der Waals surface area contributed by atoms with Crippen molar-refractivity contribution < 1.29 is 36.4 Å². The standard InChI is InChI=1S/C23H26N6O8S/c1-12(30)35-19-17(9-34-38(24,32)33)37-23(20(19)36-13(2)31)29-11-27-18-21(25-10-26-22(18)29)28-16-8-7-14-5-3-4-6-15(14)16/h3-6,10-11,16-17,19-20,23H,7-9H2,1-2H3,(H2,24,32,33)(H,25,26,28)/t16-,17+,19+,20?,23+/m0/s1. The number of benzene rings is 1. The van der Waals surface area contributed by atoms with E-state index in [9.17, 15) is 18.0 Å². The highest BCUT2D eigenvalue weighted by Gasteiger charge is 2.51. The lowest BCUT2D eigenvalue weighted by Gasteiger charge is -2.23. The average molecular weight is 547 g/mol. The number of esters is 2. The van der Waals surface area contributed by atoms with E-state index >= 15 is 0 Å². The summed E-state index contributed by atoms with van der Waals surface area (Å²) in [6, 6.07) is 8.22. The quantitative estimate of drug-likeness (QED) is 0.381. The van der Waals surface area contributed by atoms with Gasteiger partial charge in [-0.25, -0.2) is 20.1 Å². The van der Waals surface area contributed by atoms with E-state index in [4.69, 9.17) is 19.3 Å². The Morgan fingerprint density at radius 3 is 2.61 bits per heavy atom. The predicted molar refractivity (Wildman–Crippen MR) is 131 cm³/mol. The molecule has 1 aliphatic carbocycles. The number of carbonyl (C=O) groups excluding carboxylic acids is 2. The molecule has 2 aromatic heterocycles. The Labute approximate surface area is 217 Å². The monoisotopic (exact) mass is 546 g/mol. The lowest BCUT2D eigenvalue weighted by molar-refractivity contribution is -0.165. The topological polar surface area (TPSA) is 187 Å². The van der Waals surface area contributed by atoms with Crippen molar-refractivity contribution in [2.45, 2.75) is 57.3 Å². The molecule has 0 bridgehead atoms. The number of anilines is 1. The second-order valence-electron chi connectivity index (χ2n) is 8.97. The predicted octanol–water partition coefficient (Wildman–Crippen LogP) is 0.907. The number of hydrogen-bond donors (Lipinski definition) is 2. The Balaban J connectivity index is 1.48. The molecule has 202 valence electrons. The first kappa shape index (κ1) is 26.0. The van der Waals surface area contributed by atoms with Gasteiger partial charge in [-0.3, -0.25) is 18.3 Å². The summed E-state index contributed by atoms with van der Waals surface area (Å²) < 4.78 is 45.8. The van der Waals surface area contributed by atoms with Crippen LogP contribution in [0.3, 0.4) is 0 Å². The molecule has 0 saturated carbocycles. The van der Waals surface area contributed by atoms with Crippen molar-refractivity contribution >= 4 is 39.2 Å². The van der Waals surface area contributed by atoms with Crippen LogP contribution in [-0.4, -0.2) is 64.8 Å². The van der Waals surface area contributed by atoms with E-state index in [1.165, 1.54) is 35.3 Å². The minimum absolute atomic E-state index is 0.0408. The van der Waals surface area contributed by atoms with Crippen LogP contribution in [-0.2, 0) is 44.7 Å². The highest BCUT2D eigenvalue weighted by molar-refractivity contribution is 7.84. The molecule has 1 aliphatic heterocycles. The number of ether oxygens (including phenoxy) is 3. The minimum atomic E-state index is -4.32. The second kappa shape index (κ2) is 10.2. The summed E-state index contributed by atoms with van der Waals surface area (Å²) >= 11 is 0. The fraction of sp³-hybridized carbons (Fsp3) is 0.435. The number of nitrogens with one attached hydrogen (secondary N) is 1. The molecule has 5 atom stereocenters. The molecule has 1 aromatic carbocycles. The molecule has 0 radical (unpaired) electrons. The summed E-state index contributed by atoms with van der Waals surface area (Å²) in [6.45, 7) is 1.76. The van der Waals surface area contributed by atoms with Crippen molar-refractivity contribution in [1.29, 1.82) is 0 Å². The van der Waals surface area contributed by atoms with Crippen molar-refractivity contribution in [2.24, 2.45) is 5.14 Å². The van der Waals surface area contributed by atoms with Crippen LogP contribution in [0.25, 0.3) is 11.2 Å². The van der Waals surface area contributed by atoms with Crippen LogP contribution in [0.4, 0.5) is 5.82 Å².